The molecular weight excluding hydrogens is 523 g/mol. The van der Waals surface area contributed by atoms with Crippen molar-refractivity contribution < 1.29 is 23.9 Å². The van der Waals surface area contributed by atoms with Crippen molar-refractivity contribution in [1.29, 1.82) is 0 Å². The van der Waals surface area contributed by atoms with E-state index >= 15 is 0 Å². The maximum absolute atomic E-state index is 13.3. The van der Waals surface area contributed by atoms with Gasteiger partial charge in [0.2, 0.25) is 11.8 Å². The quantitative estimate of drug-likeness (QED) is 0.374. The summed E-state index contributed by atoms with van der Waals surface area (Å²) in [4.78, 5) is 41.9. The minimum absolute atomic E-state index is 0.00914. The van der Waals surface area contributed by atoms with Crippen molar-refractivity contribution >= 4 is 46.0 Å². The smallest absolute Gasteiger partial charge is 0.257 e. The molecule has 0 N–H and O–H groups in total. The monoisotopic (exact) mass is 548 g/mol. The molecule has 0 radical (unpaired) electrons. The molecule has 3 amide bonds. The zero-order chi connectivity index (χ0) is 22.8. The third kappa shape index (κ3) is 4.60. The van der Waals surface area contributed by atoms with Gasteiger partial charge in [-0.2, -0.15) is 0 Å². The SMILES string of the molecule is COc1ccc(CCN(C(=O)C2CC2)C2CC(=O)N(c3ccc(I)cc3)C2=O)cc1OC. The molecule has 0 spiro atoms. The molecule has 8 heteroatoms. The van der Waals surface area contributed by atoms with Crippen LogP contribution in [0.15, 0.2) is 42.5 Å². The molecule has 2 aromatic carbocycles. The summed E-state index contributed by atoms with van der Waals surface area (Å²) in [7, 11) is 3.15. The topological polar surface area (TPSA) is 76.2 Å². The third-order valence-electron chi connectivity index (χ3n) is 5.88. The van der Waals surface area contributed by atoms with Crippen molar-refractivity contribution in [3.8, 4) is 11.5 Å². The van der Waals surface area contributed by atoms with Crippen LogP contribution in [0.3, 0.4) is 0 Å². The number of rotatable bonds is 8. The van der Waals surface area contributed by atoms with Crippen LogP contribution < -0.4 is 14.4 Å². The zero-order valence-electron chi connectivity index (χ0n) is 18.0. The van der Waals surface area contributed by atoms with Crippen LogP contribution in [0.5, 0.6) is 11.5 Å². The van der Waals surface area contributed by atoms with Gasteiger partial charge in [0.15, 0.2) is 11.5 Å². The Hall–Kier alpha value is -2.62. The summed E-state index contributed by atoms with van der Waals surface area (Å²) < 4.78 is 11.7. The average Bonchev–Trinajstić information content (AvgIpc) is 3.60. The second-order valence-corrected chi connectivity index (χ2v) is 9.25. The van der Waals surface area contributed by atoms with Crippen LogP contribution >= 0.6 is 22.6 Å². The second kappa shape index (κ2) is 9.48. The van der Waals surface area contributed by atoms with Gasteiger partial charge in [0, 0.05) is 16.0 Å². The summed E-state index contributed by atoms with van der Waals surface area (Å²) >= 11 is 2.18. The highest BCUT2D eigenvalue weighted by Gasteiger charge is 2.46. The minimum Gasteiger partial charge on any atom is -0.493 e. The normalized spacial score (nSPS) is 18.1. The fraction of sp³-hybridized carbons (Fsp3) is 0.375. The first-order chi connectivity index (χ1) is 15.4. The van der Waals surface area contributed by atoms with E-state index in [0.29, 0.717) is 30.2 Å². The van der Waals surface area contributed by atoms with Gasteiger partial charge in [-0.05, 0) is 83.8 Å². The molecule has 1 saturated carbocycles. The predicted molar refractivity (Wildman–Crippen MR) is 128 cm³/mol. The average molecular weight is 548 g/mol. The van der Waals surface area contributed by atoms with E-state index in [1.54, 1.807) is 31.3 Å². The number of carbonyl (C=O) groups excluding carboxylic acids is 3. The first-order valence-electron chi connectivity index (χ1n) is 10.6. The fourth-order valence-electron chi connectivity index (χ4n) is 3.99. The first kappa shape index (κ1) is 22.6. The molecule has 4 rings (SSSR count). The number of nitrogens with zero attached hydrogens (tertiary/aromatic N) is 2. The molecular formula is C24H25IN2O5. The zero-order valence-corrected chi connectivity index (χ0v) is 20.2. The molecule has 0 aromatic heterocycles. The van der Waals surface area contributed by atoms with Gasteiger partial charge >= 0.3 is 0 Å². The molecule has 2 aliphatic rings. The standard InChI is InChI=1S/C24H25IN2O5/c1-31-20-10-3-15(13-21(20)32-2)11-12-26(23(29)16-4-5-16)19-14-22(28)27(24(19)30)18-8-6-17(25)7-9-18/h3,6-10,13,16,19H,4-5,11-12,14H2,1-2H3. The Morgan fingerprint density at radius 3 is 2.38 bits per heavy atom. The van der Waals surface area contributed by atoms with Crippen molar-refractivity contribution in [2.75, 3.05) is 25.7 Å². The summed E-state index contributed by atoms with van der Waals surface area (Å²) in [5, 5.41) is 0. The number of anilines is 1. The van der Waals surface area contributed by atoms with Crippen molar-refractivity contribution in [1.82, 2.24) is 4.90 Å². The minimum atomic E-state index is -0.768. The number of imide groups is 1. The molecule has 32 heavy (non-hydrogen) atoms. The van der Waals surface area contributed by atoms with Gasteiger partial charge in [-0.1, -0.05) is 6.07 Å². The molecule has 2 aromatic rings. The van der Waals surface area contributed by atoms with Gasteiger partial charge in [-0.25, -0.2) is 4.90 Å². The number of methoxy groups -OCH3 is 2. The summed E-state index contributed by atoms with van der Waals surface area (Å²) in [6, 6.07) is 12.1. The summed E-state index contributed by atoms with van der Waals surface area (Å²) in [6.45, 7) is 0.356. The Kier molecular flexibility index (Phi) is 6.68. The maximum Gasteiger partial charge on any atom is 0.257 e. The van der Waals surface area contributed by atoms with Gasteiger partial charge in [-0.3, -0.25) is 14.4 Å². The van der Waals surface area contributed by atoms with E-state index in [0.717, 1.165) is 22.0 Å². The number of hydrogen-bond donors (Lipinski definition) is 0. The Bertz CT molecular complexity index is 1040. The number of halogens is 1. The molecule has 1 aliphatic heterocycles. The van der Waals surface area contributed by atoms with E-state index in [-0.39, 0.29) is 30.1 Å². The Morgan fingerprint density at radius 2 is 1.75 bits per heavy atom. The highest BCUT2D eigenvalue weighted by Crippen LogP contribution is 2.34. The largest absolute Gasteiger partial charge is 0.493 e. The van der Waals surface area contributed by atoms with E-state index < -0.39 is 6.04 Å². The molecule has 1 unspecified atom stereocenters. The summed E-state index contributed by atoms with van der Waals surface area (Å²) in [6.07, 6.45) is 2.22. The molecule has 1 saturated heterocycles. The lowest BCUT2D eigenvalue weighted by molar-refractivity contribution is -0.139. The Morgan fingerprint density at radius 1 is 1.06 bits per heavy atom. The molecule has 7 nitrogen and oxygen atoms in total. The lowest BCUT2D eigenvalue weighted by atomic mass is 10.1. The number of hydrogen-bond acceptors (Lipinski definition) is 5. The van der Waals surface area contributed by atoms with Crippen LogP contribution in [0.4, 0.5) is 5.69 Å². The van der Waals surface area contributed by atoms with Crippen LogP contribution in [-0.4, -0.2) is 49.4 Å². The van der Waals surface area contributed by atoms with Crippen LogP contribution in [0.1, 0.15) is 24.8 Å². The van der Waals surface area contributed by atoms with Gasteiger partial charge in [0.25, 0.3) is 5.91 Å². The van der Waals surface area contributed by atoms with Crippen LogP contribution in [0, 0.1) is 9.49 Å². The highest BCUT2D eigenvalue weighted by atomic mass is 127. The van der Waals surface area contributed by atoms with Crippen molar-refractivity contribution in [3.63, 3.8) is 0 Å². The molecule has 1 atom stereocenters. The van der Waals surface area contributed by atoms with E-state index in [2.05, 4.69) is 22.6 Å². The number of ether oxygens (including phenoxy) is 2. The van der Waals surface area contributed by atoms with E-state index in [4.69, 9.17) is 9.47 Å². The van der Waals surface area contributed by atoms with Crippen LogP contribution in [-0.2, 0) is 20.8 Å². The fourth-order valence-corrected chi connectivity index (χ4v) is 4.35. The second-order valence-electron chi connectivity index (χ2n) is 8.01. The summed E-state index contributed by atoms with van der Waals surface area (Å²) in [5.74, 6) is 0.546. The van der Waals surface area contributed by atoms with Crippen LogP contribution in [0.25, 0.3) is 0 Å². The summed E-state index contributed by atoms with van der Waals surface area (Å²) in [5.41, 5.74) is 1.50. The lowest BCUT2D eigenvalue weighted by Gasteiger charge is -2.28. The molecule has 168 valence electrons. The number of amides is 3. The van der Waals surface area contributed by atoms with E-state index in [1.165, 1.54) is 4.90 Å². The van der Waals surface area contributed by atoms with E-state index in [9.17, 15) is 14.4 Å². The lowest BCUT2D eigenvalue weighted by Crippen LogP contribution is -2.47. The third-order valence-corrected chi connectivity index (χ3v) is 6.60. The highest BCUT2D eigenvalue weighted by molar-refractivity contribution is 14.1. The molecule has 1 aliphatic carbocycles. The first-order valence-corrected chi connectivity index (χ1v) is 11.6. The van der Waals surface area contributed by atoms with Crippen LogP contribution in [0.2, 0.25) is 0 Å². The van der Waals surface area contributed by atoms with E-state index in [1.807, 2.05) is 30.3 Å². The van der Waals surface area contributed by atoms with Crippen molar-refractivity contribution in [2.45, 2.75) is 31.7 Å². The molecule has 1 heterocycles. The number of carbonyl (C=O) groups is 3. The maximum atomic E-state index is 13.3. The van der Waals surface area contributed by atoms with Gasteiger partial charge in [-0.15, -0.1) is 0 Å². The van der Waals surface area contributed by atoms with Crippen molar-refractivity contribution in [3.05, 3.63) is 51.6 Å². The van der Waals surface area contributed by atoms with Gasteiger partial charge in [0.05, 0.1) is 26.3 Å². The van der Waals surface area contributed by atoms with Gasteiger partial charge in [0.1, 0.15) is 6.04 Å². The molecule has 2 fully saturated rings. The van der Waals surface area contributed by atoms with Crippen molar-refractivity contribution in [2.24, 2.45) is 5.92 Å². The Balaban J connectivity index is 1.54. The molecule has 0 bridgehead atoms. The van der Waals surface area contributed by atoms with Gasteiger partial charge < -0.3 is 14.4 Å². The number of benzene rings is 2. The Labute approximate surface area is 200 Å². The predicted octanol–water partition coefficient (Wildman–Crippen LogP) is 3.42.